The van der Waals surface area contributed by atoms with Gasteiger partial charge in [-0.15, -0.1) is 0 Å². The lowest BCUT2D eigenvalue weighted by atomic mass is 10.0. The van der Waals surface area contributed by atoms with Crippen LogP contribution >= 0.6 is 0 Å². The van der Waals surface area contributed by atoms with E-state index in [2.05, 4.69) is 0 Å². The van der Waals surface area contributed by atoms with Gasteiger partial charge >= 0.3 is 0 Å². The summed E-state index contributed by atoms with van der Waals surface area (Å²) in [4.78, 5) is 0.710. The first-order valence-electron chi connectivity index (χ1n) is 11.8. The molecule has 0 radical (unpaired) electrons. The first kappa shape index (κ1) is 24.2. The molecule has 29 heavy (non-hydrogen) atoms. The fourth-order valence-corrected chi connectivity index (χ4v) is 5.38. The summed E-state index contributed by atoms with van der Waals surface area (Å²) in [5, 5.41) is 8.73. The van der Waals surface area contributed by atoms with Crippen LogP contribution in [0.4, 0.5) is 0 Å². The van der Waals surface area contributed by atoms with Gasteiger partial charge in [0.2, 0.25) is 9.84 Å². The van der Waals surface area contributed by atoms with Crippen molar-refractivity contribution < 1.29 is 18.3 Å². The van der Waals surface area contributed by atoms with Gasteiger partial charge in [0, 0.05) is 12.7 Å². The highest BCUT2D eigenvalue weighted by molar-refractivity contribution is 8.00. The Bertz CT molecular complexity index is 658. The number of aliphatic hydroxyl groups excluding tert-OH is 1. The van der Waals surface area contributed by atoms with E-state index < -0.39 is 9.84 Å². The molecule has 0 amide bonds. The van der Waals surface area contributed by atoms with E-state index in [4.69, 9.17) is 9.84 Å². The molecule has 0 aromatic rings. The molecule has 0 aliphatic carbocycles. The van der Waals surface area contributed by atoms with Gasteiger partial charge in [0.15, 0.2) is 0 Å². The van der Waals surface area contributed by atoms with Crippen LogP contribution in [0.3, 0.4) is 0 Å². The second kappa shape index (κ2) is 14.0. The third-order valence-corrected chi connectivity index (χ3v) is 7.62. The van der Waals surface area contributed by atoms with Crippen molar-refractivity contribution in [2.75, 3.05) is 13.2 Å². The standard InChI is InChI=1S/C24H40O4S/c25-19-15-13-11-9-7-5-3-1-2-4-6-8-10-12-14-16-20-28-23-21-22-17-18-24(23)29(22,26)27/h17-18,21,25H,1-16,19-20H2. The van der Waals surface area contributed by atoms with Gasteiger partial charge in [0.25, 0.3) is 0 Å². The van der Waals surface area contributed by atoms with Crippen LogP contribution in [0, 0.1) is 0 Å². The van der Waals surface area contributed by atoms with Crippen molar-refractivity contribution >= 4 is 9.84 Å². The molecule has 0 unspecified atom stereocenters. The first-order valence-corrected chi connectivity index (χ1v) is 13.3. The highest BCUT2D eigenvalue weighted by Crippen LogP contribution is 2.37. The van der Waals surface area contributed by atoms with Crippen LogP contribution in [-0.4, -0.2) is 26.7 Å². The first-order chi connectivity index (χ1) is 14.2. The van der Waals surface area contributed by atoms with Gasteiger partial charge in [-0.25, -0.2) is 8.42 Å². The topological polar surface area (TPSA) is 63.6 Å². The number of hydrogen-bond acceptors (Lipinski definition) is 4. The Morgan fingerprint density at radius 1 is 0.655 bits per heavy atom. The number of allylic oxidation sites excluding steroid dienone is 3. The van der Waals surface area contributed by atoms with E-state index in [1.54, 1.807) is 18.2 Å². The van der Waals surface area contributed by atoms with Gasteiger partial charge in [0.05, 0.1) is 11.5 Å². The predicted octanol–water partition coefficient (Wildman–Crippen LogP) is 6.33. The number of sulfone groups is 1. The van der Waals surface area contributed by atoms with Crippen LogP contribution in [0.5, 0.6) is 0 Å². The molecule has 1 N–H and O–H groups in total. The molecule has 0 atom stereocenters. The molecule has 2 aliphatic heterocycles. The molecular weight excluding hydrogens is 384 g/mol. The zero-order valence-electron chi connectivity index (χ0n) is 18.0. The van der Waals surface area contributed by atoms with Gasteiger partial charge in [-0.2, -0.15) is 0 Å². The van der Waals surface area contributed by atoms with Crippen molar-refractivity contribution in [3.05, 3.63) is 33.8 Å². The second-order valence-corrected chi connectivity index (χ2v) is 10.3. The smallest absolute Gasteiger partial charge is 0.210 e. The van der Waals surface area contributed by atoms with Crippen LogP contribution in [0.1, 0.15) is 103 Å². The van der Waals surface area contributed by atoms with Crippen LogP contribution in [0.2, 0.25) is 0 Å². The lowest BCUT2D eigenvalue weighted by Crippen LogP contribution is -1.97. The number of hydrogen-bond donors (Lipinski definition) is 1. The van der Waals surface area contributed by atoms with Gasteiger partial charge in [-0.1, -0.05) is 89.9 Å². The van der Waals surface area contributed by atoms with Gasteiger partial charge in [-0.3, -0.25) is 0 Å². The maximum atomic E-state index is 11.9. The Kier molecular flexibility index (Phi) is 11.7. The number of aliphatic hydroxyl groups is 1. The third kappa shape index (κ3) is 8.67. The van der Waals surface area contributed by atoms with Gasteiger partial charge in [0.1, 0.15) is 10.7 Å². The maximum absolute atomic E-state index is 11.9. The highest BCUT2D eigenvalue weighted by atomic mass is 32.2. The van der Waals surface area contributed by atoms with Gasteiger partial charge < -0.3 is 9.84 Å². The van der Waals surface area contributed by atoms with Crippen molar-refractivity contribution in [1.82, 2.24) is 0 Å². The molecular formula is C24H40O4S. The van der Waals surface area contributed by atoms with Crippen molar-refractivity contribution in [1.29, 1.82) is 0 Å². The summed E-state index contributed by atoms with van der Waals surface area (Å²) in [6.07, 6.45) is 25.3. The van der Waals surface area contributed by atoms with Crippen LogP contribution in [0.15, 0.2) is 33.8 Å². The minimum atomic E-state index is -3.22. The molecule has 0 aromatic carbocycles. The molecule has 2 heterocycles. The summed E-state index contributed by atoms with van der Waals surface area (Å²) in [5.74, 6) is 0.532. The number of rotatable bonds is 19. The van der Waals surface area contributed by atoms with Crippen molar-refractivity contribution in [2.45, 2.75) is 103 Å². The Labute approximate surface area is 178 Å². The van der Waals surface area contributed by atoms with E-state index >= 15 is 0 Å². The Balaban J connectivity index is 1.30. The molecule has 2 rings (SSSR count). The van der Waals surface area contributed by atoms with E-state index in [1.807, 2.05) is 0 Å². The summed E-state index contributed by atoms with van der Waals surface area (Å²) < 4.78 is 29.4. The SMILES string of the molecule is O=S1(=O)C2=CC(OCCCCCCCCCCCCCCCCCCO)=C1C=C2. The van der Waals surface area contributed by atoms with Crippen molar-refractivity contribution in [3.63, 3.8) is 0 Å². The summed E-state index contributed by atoms with van der Waals surface area (Å²) >= 11 is 0. The molecule has 2 aliphatic rings. The van der Waals surface area contributed by atoms with Crippen molar-refractivity contribution in [2.24, 2.45) is 0 Å². The summed E-state index contributed by atoms with van der Waals surface area (Å²) in [7, 11) is -3.22. The zero-order chi connectivity index (χ0) is 20.8. The molecule has 0 aromatic heterocycles. The average molecular weight is 425 g/mol. The van der Waals surface area contributed by atoms with Crippen molar-refractivity contribution in [3.8, 4) is 0 Å². The average Bonchev–Trinajstić information content (AvgIpc) is 3.13. The normalized spacial score (nSPS) is 16.7. The molecule has 0 spiro atoms. The second-order valence-electron chi connectivity index (χ2n) is 8.34. The molecule has 0 fully saturated rings. The zero-order valence-corrected chi connectivity index (χ0v) is 18.9. The van der Waals surface area contributed by atoms with Crippen LogP contribution in [-0.2, 0) is 14.6 Å². The largest absolute Gasteiger partial charge is 0.492 e. The third-order valence-electron chi connectivity index (χ3n) is 5.83. The van der Waals surface area contributed by atoms with E-state index in [9.17, 15) is 8.42 Å². The van der Waals surface area contributed by atoms with Crippen LogP contribution < -0.4 is 0 Å². The lowest BCUT2D eigenvalue weighted by Gasteiger charge is -2.07. The number of ether oxygens (including phenoxy) is 1. The highest BCUT2D eigenvalue weighted by Gasteiger charge is 2.34. The van der Waals surface area contributed by atoms with E-state index in [0.717, 1.165) is 19.3 Å². The minimum absolute atomic E-state index is 0.338. The molecule has 5 heteroatoms. The molecule has 4 nitrogen and oxygen atoms in total. The molecule has 0 saturated heterocycles. The fourth-order valence-electron chi connectivity index (χ4n) is 3.99. The molecule has 2 bridgehead atoms. The van der Waals surface area contributed by atoms with E-state index in [-0.39, 0.29) is 0 Å². The van der Waals surface area contributed by atoms with Crippen LogP contribution in [0.25, 0.3) is 0 Å². The summed E-state index contributed by atoms with van der Waals surface area (Å²) in [6.45, 7) is 0.950. The van der Waals surface area contributed by atoms with Gasteiger partial charge in [-0.05, 0) is 25.0 Å². The van der Waals surface area contributed by atoms with E-state index in [1.165, 1.54) is 83.5 Å². The Hall–Kier alpha value is -1.07. The predicted molar refractivity (Wildman–Crippen MR) is 120 cm³/mol. The quantitative estimate of drug-likeness (QED) is 0.246. The lowest BCUT2D eigenvalue weighted by molar-refractivity contribution is 0.216. The summed E-state index contributed by atoms with van der Waals surface area (Å²) in [6, 6.07) is 0. The summed E-state index contributed by atoms with van der Waals surface area (Å²) in [5.41, 5.74) is 0. The van der Waals surface area contributed by atoms with E-state index in [0.29, 0.717) is 28.8 Å². The number of unbranched alkanes of at least 4 members (excludes halogenated alkanes) is 15. The maximum Gasteiger partial charge on any atom is 0.210 e. The fraction of sp³-hybridized carbons (Fsp3) is 0.750. The minimum Gasteiger partial charge on any atom is -0.492 e. The molecule has 166 valence electrons. The number of fused-ring (bicyclic) bond motifs is 2. The Morgan fingerprint density at radius 3 is 1.48 bits per heavy atom. The monoisotopic (exact) mass is 424 g/mol. The Morgan fingerprint density at radius 2 is 1.10 bits per heavy atom. The molecule has 0 saturated carbocycles.